The van der Waals surface area contributed by atoms with Crippen LogP contribution in [0.5, 0.6) is 5.75 Å². The molecule has 174 valence electrons. The van der Waals surface area contributed by atoms with E-state index in [4.69, 9.17) is 4.74 Å². The number of ether oxygens (including phenoxy) is 1. The Bertz CT molecular complexity index is 1440. The summed E-state index contributed by atoms with van der Waals surface area (Å²) in [4.78, 5) is 32.8. The molecule has 0 bridgehead atoms. The molecule has 35 heavy (non-hydrogen) atoms. The fourth-order valence-electron chi connectivity index (χ4n) is 4.43. The number of fused-ring (bicyclic) bond motifs is 1. The lowest BCUT2D eigenvalue weighted by molar-refractivity contribution is -0.132. The van der Waals surface area contributed by atoms with Gasteiger partial charge in [-0.15, -0.1) is 0 Å². The largest absolute Gasteiger partial charge is 0.507 e. The fraction of sp³-hybridized carbons (Fsp3) is 0.138. The minimum absolute atomic E-state index is 0.00530. The van der Waals surface area contributed by atoms with Crippen LogP contribution >= 0.6 is 0 Å². The van der Waals surface area contributed by atoms with E-state index in [1.165, 1.54) is 4.90 Å². The summed E-state index contributed by atoms with van der Waals surface area (Å²) < 4.78 is 5.70. The summed E-state index contributed by atoms with van der Waals surface area (Å²) in [5.41, 5.74) is 1.46. The Hall–Kier alpha value is -4.45. The zero-order valence-corrected chi connectivity index (χ0v) is 19.2. The normalized spacial score (nSPS) is 17.2. The van der Waals surface area contributed by atoms with Crippen molar-refractivity contribution in [3.63, 3.8) is 0 Å². The minimum Gasteiger partial charge on any atom is -0.507 e. The lowest BCUT2D eigenvalue weighted by Crippen LogP contribution is -2.30. The van der Waals surface area contributed by atoms with Gasteiger partial charge in [0, 0.05) is 17.1 Å². The molecule has 6 heteroatoms. The third-order valence-electron chi connectivity index (χ3n) is 6.02. The second kappa shape index (κ2) is 9.43. The summed E-state index contributed by atoms with van der Waals surface area (Å²) in [6.45, 7) is 2.54. The highest BCUT2D eigenvalue weighted by molar-refractivity contribution is 6.52. The first-order valence-corrected chi connectivity index (χ1v) is 11.5. The third kappa shape index (κ3) is 4.04. The van der Waals surface area contributed by atoms with Gasteiger partial charge in [-0.1, -0.05) is 61.5 Å². The average Bonchev–Trinajstić information content (AvgIpc) is 3.17. The number of hydrogen-bond donors (Lipinski definition) is 1. The van der Waals surface area contributed by atoms with Gasteiger partial charge in [0.05, 0.1) is 23.6 Å². The zero-order valence-electron chi connectivity index (χ0n) is 19.2. The Morgan fingerprint density at radius 2 is 1.74 bits per heavy atom. The van der Waals surface area contributed by atoms with Gasteiger partial charge in [0.25, 0.3) is 11.7 Å². The van der Waals surface area contributed by atoms with Gasteiger partial charge in [-0.25, -0.2) is 0 Å². The predicted molar refractivity (Wildman–Crippen MR) is 135 cm³/mol. The smallest absolute Gasteiger partial charge is 0.300 e. The number of carbonyl (C=O) groups is 2. The number of aliphatic hydroxyl groups excluding tert-OH is 1. The van der Waals surface area contributed by atoms with Gasteiger partial charge in [-0.2, -0.15) is 0 Å². The molecular weight excluding hydrogens is 440 g/mol. The molecule has 5 rings (SSSR count). The fourth-order valence-corrected chi connectivity index (χ4v) is 4.43. The number of aromatic nitrogens is 1. The summed E-state index contributed by atoms with van der Waals surface area (Å²) in [7, 11) is 0. The van der Waals surface area contributed by atoms with Crippen LogP contribution in [0.3, 0.4) is 0 Å². The van der Waals surface area contributed by atoms with Crippen LogP contribution in [0.15, 0.2) is 96.7 Å². The topological polar surface area (TPSA) is 79.7 Å². The monoisotopic (exact) mass is 464 g/mol. The van der Waals surface area contributed by atoms with Gasteiger partial charge < -0.3 is 9.84 Å². The molecule has 1 aromatic heterocycles. The highest BCUT2D eigenvalue weighted by Gasteiger charge is 2.48. The van der Waals surface area contributed by atoms with Crippen molar-refractivity contribution < 1.29 is 19.4 Å². The van der Waals surface area contributed by atoms with Crippen LogP contribution in [0.25, 0.3) is 16.5 Å². The first-order chi connectivity index (χ1) is 17.1. The molecule has 3 aromatic carbocycles. The third-order valence-corrected chi connectivity index (χ3v) is 6.02. The van der Waals surface area contributed by atoms with Crippen LogP contribution in [0.4, 0.5) is 5.69 Å². The molecule has 1 fully saturated rings. The van der Waals surface area contributed by atoms with Crippen LogP contribution in [-0.2, 0) is 9.59 Å². The van der Waals surface area contributed by atoms with Crippen LogP contribution in [0, 0.1) is 0 Å². The van der Waals surface area contributed by atoms with Crippen molar-refractivity contribution in [1.82, 2.24) is 4.98 Å². The highest BCUT2D eigenvalue weighted by atomic mass is 16.5. The van der Waals surface area contributed by atoms with Gasteiger partial charge in [0.1, 0.15) is 17.6 Å². The summed E-state index contributed by atoms with van der Waals surface area (Å²) >= 11 is 0. The second-order valence-corrected chi connectivity index (χ2v) is 8.30. The molecule has 1 aliphatic rings. The first kappa shape index (κ1) is 22.3. The molecule has 4 aromatic rings. The maximum Gasteiger partial charge on any atom is 0.300 e. The van der Waals surface area contributed by atoms with Crippen molar-refractivity contribution in [2.24, 2.45) is 0 Å². The Labute approximate surface area is 203 Å². The van der Waals surface area contributed by atoms with Crippen molar-refractivity contribution in [3.05, 3.63) is 108 Å². The Balaban J connectivity index is 1.71. The summed E-state index contributed by atoms with van der Waals surface area (Å²) in [5, 5.41) is 13.1. The zero-order chi connectivity index (χ0) is 24.4. The average molecular weight is 465 g/mol. The van der Waals surface area contributed by atoms with E-state index in [-0.39, 0.29) is 11.3 Å². The van der Waals surface area contributed by atoms with Crippen LogP contribution in [-0.4, -0.2) is 28.4 Å². The quantitative estimate of drug-likeness (QED) is 0.227. The number of aliphatic hydroxyl groups is 1. The standard InChI is InChI=1S/C29H24N2O4/c1-2-17-35-21-12-7-11-20(18-21)27(32)25-26(23-14-5-6-16-30-23)31(29(34)28(25)33)24-15-8-10-19-9-3-4-13-22(19)24/h3-16,18,26,32H,2,17H2,1H3/b27-25+. The van der Waals surface area contributed by atoms with Crippen molar-refractivity contribution >= 4 is 33.9 Å². The van der Waals surface area contributed by atoms with Crippen LogP contribution < -0.4 is 9.64 Å². The lowest BCUT2D eigenvalue weighted by atomic mass is 9.97. The minimum atomic E-state index is -0.887. The van der Waals surface area contributed by atoms with E-state index in [2.05, 4.69) is 4.98 Å². The van der Waals surface area contributed by atoms with Crippen molar-refractivity contribution in [1.29, 1.82) is 0 Å². The Morgan fingerprint density at radius 1 is 0.971 bits per heavy atom. The number of Topliss-reactive ketones (excluding diaryl/α,β-unsaturated/α-hetero) is 1. The predicted octanol–water partition coefficient (Wildman–Crippen LogP) is 5.65. The molecule has 0 saturated carbocycles. The van der Waals surface area contributed by atoms with E-state index in [0.29, 0.717) is 29.3 Å². The molecule has 1 aliphatic heterocycles. The van der Waals surface area contributed by atoms with Gasteiger partial charge in [0.2, 0.25) is 0 Å². The maximum atomic E-state index is 13.5. The highest BCUT2D eigenvalue weighted by Crippen LogP contribution is 2.43. The van der Waals surface area contributed by atoms with Crippen molar-refractivity contribution in [2.75, 3.05) is 11.5 Å². The van der Waals surface area contributed by atoms with E-state index >= 15 is 0 Å². The van der Waals surface area contributed by atoms with Gasteiger partial charge in [-0.3, -0.25) is 19.5 Å². The van der Waals surface area contributed by atoms with E-state index < -0.39 is 17.7 Å². The number of ketones is 1. The van der Waals surface area contributed by atoms with E-state index in [1.54, 1.807) is 48.7 Å². The molecule has 0 radical (unpaired) electrons. The lowest BCUT2D eigenvalue weighted by Gasteiger charge is -2.25. The summed E-state index contributed by atoms with van der Waals surface area (Å²) in [5.74, 6) is -1.15. The Morgan fingerprint density at radius 3 is 2.54 bits per heavy atom. The molecule has 1 saturated heterocycles. The van der Waals surface area contributed by atoms with Crippen molar-refractivity contribution in [2.45, 2.75) is 19.4 Å². The van der Waals surface area contributed by atoms with Gasteiger partial charge in [-0.05, 0) is 42.1 Å². The SMILES string of the molecule is CCCOc1cccc(/C(O)=C2\C(=O)C(=O)N(c3cccc4ccccc34)C2c2ccccn2)c1. The van der Waals surface area contributed by atoms with Crippen molar-refractivity contribution in [3.8, 4) is 5.75 Å². The van der Waals surface area contributed by atoms with Crippen LogP contribution in [0.2, 0.25) is 0 Å². The Kier molecular flexibility index (Phi) is 6.02. The molecule has 0 aliphatic carbocycles. The van der Waals surface area contributed by atoms with E-state index in [9.17, 15) is 14.7 Å². The second-order valence-electron chi connectivity index (χ2n) is 8.30. The molecule has 6 nitrogen and oxygen atoms in total. The molecule has 1 N–H and O–H groups in total. The van der Waals surface area contributed by atoms with Gasteiger partial charge >= 0.3 is 0 Å². The molecule has 2 heterocycles. The van der Waals surface area contributed by atoms with Gasteiger partial charge in [0.15, 0.2) is 0 Å². The molecule has 0 spiro atoms. The summed E-state index contributed by atoms with van der Waals surface area (Å²) in [6, 6.07) is 24.6. The molecule has 1 amide bonds. The number of amides is 1. The van der Waals surface area contributed by atoms with E-state index in [1.807, 2.05) is 49.4 Å². The van der Waals surface area contributed by atoms with E-state index in [0.717, 1.165) is 17.2 Å². The van der Waals surface area contributed by atoms with Crippen LogP contribution in [0.1, 0.15) is 30.6 Å². The summed E-state index contributed by atoms with van der Waals surface area (Å²) in [6.07, 6.45) is 2.45. The number of anilines is 1. The number of benzene rings is 3. The number of pyridine rings is 1. The number of hydrogen-bond acceptors (Lipinski definition) is 5. The maximum absolute atomic E-state index is 13.5. The molecular formula is C29H24N2O4. The number of carbonyl (C=O) groups excluding carboxylic acids is 2. The number of nitrogens with zero attached hydrogens (tertiary/aromatic N) is 2. The first-order valence-electron chi connectivity index (χ1n) is 11.5. The molecule has 1 atom stereocenters. The molecule has 1 unspecified atom stereocenters. The number of rotatable bonds is 6.